The summed E-state index contributed by atoms with van der Waals surface area (Å²) in [5.41, 5.74) is -0.293. The van der Waals surface area contributed by atoms with Crippen molar-refractivity contribution in [3.8, 4) is 0 Å². The van der Waals surface area contributed by atoms with Crippen LogP contribution in [0.3, 0.4) is 0 Å². The van der Waals surface area contributed by atoms with Gasteiger partial charge >= 0.3 is 12.1 Å². The van der Waals surface area contributed by atoms with E-state index < -0.39 is 24.3 Å². The van der Waals surface area contributed by atoms with E-state index in [9.17, 15) is 22.8 Å². The maximum atomic E-state index is 12.5. The Hall–Kier alpha value is -2.05. The largest absolute Gasteiger partial charge is 0.480 e. The van der Waals surface area contributed by atoms with Crippen LogP contribution in [0, 0.1) is 5.92 Å². The second-order valence-electron chi connectivity index (χ2n) is 5.76. The summed E-state index contributed by atoms with van der Waals surface area (Å²) >= 11 is 0. The Morgan fingerprint density at radius 1 is 1.13 bits per heavy atom. The summed E-state index contributed by atoms with van der Waals surface area (Å²) in [5.74, 6) is -1.54. The Bertz CT molecular complexity index is 563. The van der Waals surface area contributed by atoms with Gasteiger partial charge in [0, 0.05) is 12.5 Å². The van der Waals surface area contributed by atoms with Gasteiger partial charge in [0.05, 0.1) is 5.56 Å². The molecule has 23 heavy (non-hydrogen) atoms. The van der Waals surface area contributed by atoms with Crippen molar-refractivity contribution in [2.45, 2.75) is 38.4 Å². The van der Waals surface area contributed by atoms with Gasteiger partial charge in [-0.2, -0.15) is 13.2 Å². The molecule has 1 aromatic rings. The first-order valence-electron chi connectivity index (χ1n) is 7.44. The molecular weight excluding hydrogens is 311 g/mol. The summed E-state index contributed by atoms with van der Waals surface area (Å²) in [7, 11) is 0. The fourth-order valence-corrected chi connectivity index (χ4v) is 2.83. The van der Waals surface area contributed by atoms with Crippen LogP contribution in [0.5, 0.6) is 0 Å². The Morgan fingerprint density at radius 3 is 2.17 bits per heavy atom. The first kappa shape index (κ1) is 17.3. The van der Waals surface area contributed by atoms with E-state index in [1.807, 2.05) is 0 Å². The molecule has 1 fully saturated rings. The number of halogens is 3. The number of carbonyl (C=O) groups is 2. The predicted molar refractivity (Wildman–Crippen MR) is 76.5 cm³/mol. The molecule has 0 atom stereocenters. The Morgan fingerprint density at radius 2 is 1.70 bits per heavy atom. The van der Waals surface area contributed by atoms with Crippen molar-refractivity contribution in [2.75, 3.05) is 6.54 Å². The zero-order chi connectivity index (χ0) is 17.0. The molecule has 4 nitrogen and oxygen atoms in total. The van der Waals surface area contributed by atoms with Gasteiger partial charge in [0.15, 0.2) is 0 Å². The topological polar surface area (TPSA) is 57.6 Å². The second-order valence-corrected chi connectivity index (χ2v) is 5.76. The molecule has 0 aromatic heterocycles. The highest BCUT2D eigenvalue weighted by atomic mass is 19.4. The number of alkyl halides is 3. The molecule has 1 saturated carbocycles. The lowest BCUT2D eigenvalue weighted by molar-refractivity contribution is -0.146. The number of aliphatic carboxylic acids is 1. The van der Waals surface area contributed by atoms with Gasteiger partial charge in [-0.15, -0.1) is 0 Å². The number of hydrogen-bond acceptors (Lipinski definition) is 2. The van der Waals surface area contributed by atoms with E-state index in [1.165, 1.54) is 17.0 Å². The van der Waals surface area contributed by atoms with Crippen LogP contribution in [0.15, 0.2) is 24.3 Å². The highest BCUT2D eigenvalue weighted by molar-refractivity contribution is 5.83. The van der Waals surface area contributed by atoms with E-state index in [0.717, 1.165) is 37.8 Å². The Labute approximate surface area is 131 Å². The molecule has 0 spiro atoms. The molecule has 1 aliphatic carbocycles. The molecule has 1 aliphatic rings. The van der Waals surface area contributed by atoms with Crippen LogP contribution in [0.1, 0.15) is 36.8 Å². The smallest absolute Gasteiger partial charge is 0.416 e. The normalized spacial score (nSPS) is 15.6. The van der Waals surface area contributed by atoms with Gasteiger partial charge in [-0.25, -0.2) is 0 Å². The molecule has 126 valence electrons. The zero-order valence-electron chi connectivity index (χ0n) is 12.5. The number of hydrogen-bond donors (Lipinski definition) is 1. The van der Waals surface area contributed by atoms with Gasteiger partial charge in [-0.3, -0.25) is 9.59 Å². The lowest BCUT2D eigenvalue weighted by atomic mass is 10.1. The van der Waals surface area contributed by atoms with Crippen molar-refractivity contribution >= 4 is 11.9 Å². The van der Waals surface area contributed by atoms with Crippen LogP contribution in [0.4, 0.5) is 13.2 Å². The van der Waals surface area contributed by atoms with Gasteiger partial charge in [-0.1, -0.05) is 25.0 Å². The molecular formula is C16H18F3NO3. The molecule has 0 radical (unpaired) electrons. The highest BCUT2D eigenvalue weighted by Crippen LogP contribution is 2.30. The van der Waals surface area contributed by atoms with Crippen molar-refractivity contribution in [1.29, 1.82) is 0 Å². The number of nitrogens with zero attached hydrogens (tertiary/aromatic N) is 1. The van der Waals surface area contributed by atoms with E-state index in [0.29, 0.717) is 5.56 Å². The number of carboxylic acid groups (broad SMARTS) is 1. The fourth-order valence-electron chi connectivity index (χ4n) is 2.83. The third-order valence-electron chi connectivity index (χ3n) is 4.00. The van der Waals surface area contributed by atoms with Crippen molar-refractivity contribution in [2.24, 2.45) is 5.92 Å². The summed E-state index contributed by atoms with van der Waals surface area (Å²) in [6.07, 6.45) is -1.06. The zero-order valence-corrected chi connectivity index (χ0v) is 12.5. The standard InChI is InChI=1S/C16H18F3NO3/c17-16(18,19)13-7-5-11(6-8-13)9-20(10-14(21)22)15(23)12-3-1-2-4-12/h5-8,12H,1-4,9-10H2,(H,21,22). The number of benzene rings is 1. The van der Waals surface area contributed by atoms with E-state index in [-0.39, 0.29) is 18.4 Å². The van der Waals surface area contributed by atoms with Crippen LogP contribution in [0.25, 0.3) is 0 Å². The molecule has 0 heterocycles. The monoisotopic (exact) mass is 329 g/mol. The summed E-state index contributed by atoms with van der Waals surface area (Å²) < 4.78 is 37.6. The third-order valence-corrected chi connectivity index (χ3v) is 4.00. The minimum absolute atomic E-state index is 0.000228. The van der Waals surface area contributed by atoms with Crippen LogP contribution >= 0.6 is 0 Å². The van der Waals surface area contributed by atoms with Crippen molar-refractivity contribution < 1.29 is 27.9 Å². The summed E-state index contributed by atoms with van der Waals surface area (Å²) in [6, 6.07) is 4.43. The summed E-state index contributed by atoms with van der Waals surface area (Å²) in [6.45, 7) is -0.448. The maximum Gasteiger partial charge on any atom is 0.416 e. The number of amides is 1. The molecule has 0 bridgehead atoms. The lowest BCUT2D eigenvalue weighted by Crippen LogP contribution is -2.38. The van der Waals surface area contributed by atoms with Crippen molar-refractivity contribution in [3.05, 3.63) is 35.4 Å². The lowest BCUT2D eigenvalue weighted by Gasteiger charge is -2.24. The van der Waals surface area contributed by atoms with Crippen LogP contribution < -0.4 is 0 Å². The molecule has 2 rings (SSSR count). The average molecular weight is 329 g/mol. The fraction of sp³-hybridized carbons (Fsp3) is 0.500. The molecule has 0 unspecified atom stereocenters. The minimum atomic E-state index is -4.42. The minimum Gasteiger partial charge on any atom is -0.480 e. The average Bonchev–Trinajstić information content (AvgIpc) is 2.99. The summed E-state index contributed by atoms with van der Waals surface area (Å²) in [4.78, 5) is 24.6. The predicted octanol–water partition coefficient (Wildman–Crippen LogP) is 3.31. The van der Waals surface area contributed by atoms with Crippen LogP contribution in [0.2, 0.25) is 0 Å². The second kappa shape index (κ2) is 7.02. The first-order valence-corrected chi connectivity index (χ1v) is 7.44. The molecule has 0 saturated heterocycles. The van der Waals surface area contributed by atoms with Crippen molar-refractivity contribution in [3.63, 3.8) is 0 Å². The van der Waals surface area contributed by atoms with E-state index in [2.05, 4.69) is 0 Å². The van der Waals surface area contributed by atoms with E-state index >= 15 is 0 Å². The van der Waals surface area contributed by atoms with Gasteiger partial charge in [0.1, 0.15) is 6.54 Å². The Kier molecular flexibility index (Phi) is 5.28. The number of carbonyl (C=O) groups excluding carboxylic acids is 1. The first-order chi connectivity index (χ1) is 10.8. The SMILES string of the molecule is O=C(O)CN(Cc1ccc(C(F)(F)F)cc1)C(=O)C1CCCC1. The maximum absolute atomic E-state index is 12.5. The molecule has 1 aromatic carbocycles. The van der Waals surface area contributed by atoms with Gasteiger partial charge in [0.25, 0.3) is 0 Å². The summed E-state index contributed by atoms with van der Waals surface area (Å²) in [5, 5.41) is 8.96. The molecule has 7 heteroatoms. The Balaban J connectivity index is 2.10. The number of carboxylic acids is 1. The number of rotatable bonds is 5. The van der Waals surface area contributed by atoms with E-state index in [4.69, 9.17) is 5.11 Å². The van der Waals surface area contributed by atoms with Gasteiger partial charge < -0.3 is 10.0 Å². The van der Waals surface area contributed by atoms with Crippen LogP contribution in [-0.2, 0) is 22.3 Å². The quantitative estimate of drug-likeness (QED) is 0.902. The highest BCUT2D eigenvalue weighted by Gasteiger charge is 2.31. The van der Waals surface area contributed by atoms with Gasteiger partial charge in [0.2, 0.25) is 5.91 Å². The van der Waals surface area contributed by atoms with E-state index in [1.54, 1.807) is 0 Å². The van der Waals surface area contributed by atoms with Crippen LogP contribution in [-0.4, -0.2) is 28.4 Å². The molecule has 1 N–H and O–H groups in total. The third kappa shape index (κ3) is 4.71. The molecule has 1 amide bonds. The van der Waals surface area contributed by atoms with Crippen molar-refractivity contribution in [1.82, 2.24) is 4.90 Å². The molecule has 0 aliphatic heterocycles. The van der Waals surface area contributed by atoms with Gasteiger partial charge in [-0.05, 0) is 30.5 Å².